The van der Waals surface area contributed by atoms with E-state index in [1.807, 2.05) is 34.6 Å². The Balaban J connectivity index is 2.71. The zero-order valence-corrected chi connectivity index (χ0v) is 13.2. The number of carbonyl (C=O) groups is 4. The number of hydrogen-bond donors (Lipinski definition) is 1. The Hall–Kier alpha value is -1.92. The van der Waals surface area contributed by atoms with Gasteiger partial charge in [0.15, 0.2) is 0 Å². The van der Waals surface area contributed by atoms with Gasteiger partial charge < -0.3 is 5.32 Å². The molecule has 0 unspecified atom stereocenters. The van der Waals surface area contributed by atoms with Gasteiger partial charge in [-0.05, 0) is 18.8 Å². The van der Waals surface area contributed by atoms with Crippen molar-refractivity contribution in [1.29, 1.82) is 0 Å². The molecule has 0 bridgehead atoms. The summed E-state index contributed by atoms with van der Waals surface area (Å²) >= 11 is 0. The average Bonchev–Trinajstić information content (AvgIpc) is 2.55. The number of amides is 5. The Labute approximate surface area is 124 Å². The van der Waals surface area contributed by atoms with Gasteiger partial charge in [0, 0.05) is 12.6 Å². The molecule has 1 aliphatic rings. The molecule has 0 spiro atoms. The molecule has 0 saturated carbocycles. The average molecular weight is 297 g/mol. The lowest BCUT2D eigenvalue weighted by Gasteiger charge is -2.20. The predicted molar refractivity (Wildman–Crippen MR) is 76.1 cm³/mol. The smallest absolute Gasteiger partial charge is 0.334 e. The summed E-state index contributed by atoms with van der Waals surface area (Å²) in [6.07, 6.45) is 0. The fraction of sp³-hybridized carbons (Fsp3) is 0.714. The van der Waals surface area contributed by atoms with Crippen LogP contribution in [0.4, 0.5) is 4.79 Å². The summed E-state index contributed by atoms with van der Waals surface area (Å²) in [5.74, 6) is -1.96. The molecule has 7 nitrogen and oxygen atoms in total. The summed E-state index contributed by atoms with van der Waals surface area (Å²) in [6.45, 7) is 9.16. The lowest BCUT2D eigenvalue weighted by atomic mass is 10.1. The molecule has 1 atom stereocenters. The van der Waals surface area contributed by atoms with Crippen LogP contribution in [0, 0.1) is 11.8 Å². The van der Waals surface area contributed by atoms with E-state index in [0.29, 0.717) is 4.90 Å². The molecule has 118 valence electrons. The number of rotatable bonds is 6. The van der Waals surface area contributed by atoms with E-state index in [9.17, 15) is 19.2 Å². The summed E-state index contributed by atoms with van der Waals surface area (Å²) in [5, 5.41) is 2.70. The van der Waals surface area contributed by atoms with Crippen molar-refractivity contribution in [3.63, 3.8) is 0 Å². The second-order valence-corrected chi connectivity index (χ2v) is 6.08. The third-order valence-corrected chi connectivity index (χ3v) is 3.37. The fourth-order valence-electron chi connectivity index (χ4n) is 1.83. The highest BCUT2D eigenvalue weighted by molar-refractivity contribution is 6.45. The zero-order valence-electron chi connectivity index (χ0n) is 13.2. The molecule has 1 saturated heterocycles. The van der Waals surface area contributed by atoms with Gasteiger partial charge in [-0.3, -0.25) is 19.3 Å². The largest absolute Gasteiger partial charge is 0.352 e. The minimum atomic E-state index is -0.937. The standard InChI is InChI=1S/C14H23N3O4/c1-8(2)6-16-12(19)13(20)17(14(16)21)7-11(18)15-10(5)9(3)4/h8-10H,6-7H2,1-5H3,(H,15,18)/t10-/m0/s1. The van der Waals surface area contributed by atoms with Crippen molar-refractivity contribution in [1.82, 2.24) is 15.1 Å². The van der Waals surface area contributed by atoms with Gasteiger partial charge in [0.05, 0.1) is 0 Å². The van der Waals surface area contributed by atoms with Crippen LogP contribution in [-0.4, -0.2) is 52.7 Å². The van der Waals surface area contributed by atoms with Crippen LogP contribution < -0.4 is 5.32 Å². The predicted octanol–water partition coefficient (Wildman–Crippen LogP) is 0.594. The van der Waals surface area contributed by atoms with Crippen LogP contribution in [0.1, 0.15) is 34.6 Å². The topological polar surface area (TPSA) is 86.8 Å². The number of nitrogens with one attached hydrogen (secondary N) is 1. The molecule has 0 aliphatic carbocycles. The lowest BCUT2D eigenvalue weighted by Crippen LogP contribution is -2.45. The third kappa shape index (κ3) is 4.03. The normalized spacial score (nSPS) is 17.2. The Morgan fingerprint density at radius 3 is 2.00 bits per heavy atom. The van der Waals surface area contributed by atoms with Crippen LogP contribution >= 0.6 is 0 Å². The van der Waals surface area contributed by atoms with Crippen LogP contribution in [0.2, 0.25) is 0 Å². The van der Waals surface area contributed by atoms with E-state index in [1.54, 1.807) is 0 Å². The summed E-state index contributed by atoms with van der Waals surface area (Å²) in [5.41, 5.74) is 0. The van der Waals surface area contributed by atoms with Gasteiger partial charge in [-0.15, -0.1) is 0 Å². The van der Waals surface area contributed by atoms with Crippen molar-refractivity contribution in [2.45, 2.75) is 40.7 Å². The lowest BCUT2D eigenvalue weighted by molar-refractivity contribution is -0.144. The molecule has 1 heterocycles. The molecular weight excluding hydrogens is 274 g/mol. The molecule has 0 aromatic rings. The summed E-state index contributed by atoms with van der Waals surface area (Å²) in [6, 6.07) is -0.793. The summed E-state index contributed by atoms with van der Waals surface area (Å²) in [4.78, 5) is 49.0. The Morgan fingerprint density at radius 1 is 1.00 bits per heavy atom. The number of hydrogen-bond acceptors (Lipinski definition) is 4. The first kappa shape index (κ1) is 17.1. The molecule has 0 radical (unpaired) electrons. The van der Waals surface area contributed by atoms with Gasteiger partial charge in [-0.25, -0.2) is 9.69 Å². The molecule has 0 aromatic heterocycles. The molecule has 21 heavy (non-hydrogen) atoms. The van der Waals surface area contributed by atoms with Gasteiger partial charge in [0.25, 0.3) is 0 Å². The molecule has 1 aliphatic heterocycles. The van der Waals surface area contributed by atoms with E-state index >= 15 is 0 Å². The van der Waals surface area contributed by atoms with Crippen molar-refractivity contribution >= 4 is 23.8 Å². The van der Waals surface area contributed by atoms with E-state index in [-0.39, 0.29) is 24.4 Å². The molecule has 1 N–H and O–H groups in total. The first-order valence-corrected chi connectivity index (χ1v) is 7.11. The van der Waals surface area contributed by atoms with E-state index in [0.717, 1.165) is 4.90 Å². The maximum Gasteiger partial charge on any atom is 0.334 e. The molecule has 0 aromatic carbocycles. The summed E-state index contributed by atoms with van der Waals surface area (Å²) in [7, 11) is 0. The van der Waals surface area contributed by atoms with Crippen LogP contribution in [0.3, 0.4) is 0 Å². The minimum Gasteiger partial charge on any atom is -0.352 e. The van der Waals surface area contributed by atoms with Crippen LogP contribution in [0.25, 0.3) is 0 Å². The molecule has 1 fully saturated rings. The number of nitrogens with zero attached hydrogens (tertiary/aromatic N) is 2. The van der Waals surface area contributed by atoms with Crippen molar-refractivity contribution < 1.29 is 19.2 Å². The number of urea groups is 1. The zero-order chi connectivity index (χ0) is 16.3. The van der Waals surface area contributed by atoms with E-state index < -0.39 is 30.3 Å². The molecule has 5 amide bonds. The first-order chi connectivity index (χ1) is 9.65. The maximum atomic E-state index is 12.0. The van der Waals surface area contributed by atoms with Gasteiger partial charge in [0.1, 0.15) is 6.54 Å². The van der Waals surface area contributed by atoms with Crippen LogP contribution in [-0.2, 0) is 14.4 Å². The van der Waals surface area contributed by atoms with Crippen molar-refractivity contribution in [2.24, 2.45) is 11.8 Å². The SMILES string of the molecule is CC(C)CN1C(=O)C(=O)N(CC(=O)N[C@@H](C)C(C)C)C1=O. The highest BCUT2D eigenvalue weighted by atomic mass is 16.2. The molecule has 1 rings (SSSR count). The van der Waals surface area contributed by atoms with Gasteiger partial charge in [-0.1, -0.05) is 27.7 Å². The minimum absolute atomic E-state index is 0.0560. The maximum absolute atomic E-state index is 12.0. The quantitative estimate of drug-likeness (QED) is 0.574. The summed E-state index contributed by atoms with van der Waals surface area (Å²) < 4.78 is 0. The Kier molecular flexibility index (Phi) is 5.46. The first-order valence-electron chi connectivity index (χ1n) is 7.11. The van der Waals surface area contributed by atoms with E-state index in [2.05, 4.69) is 5.32 Å². The van der Waals surface area contributed by atoms with Crippen molar-refractivity contribution in [3.05, 3.63) is 0 Å². The van der Waals surface area contributed by atoms with Gasteiger partial charge in [0.2, 0.25) is 5.91 Å². The van der Waals surface area contributed by atoms with Gasteiger partial charge in [-0.2, -0.15) is 0 Å². The third-order valence-electron chi connectivity index (χ3n) is 3.37. The van der Waals surface area contributed by atoms with Gasteiger partial charge >= 0.3 is 17.8 Å². The highest BCUT2D eigenvalue weighted by Gasteiger charge is 2.45. The van der Waals surface area contributed by atoms with E-state index in [1.165, 1.54) is 0 Å². The molecular formula is C14H23N3O4. The monoisotopic (exact) mass is 297 g/mol. The van der Waals surface area contributed by atoms with E-state index in [4.69, 9.17) is 0 Å². The van der Waals surface area contributed by atoms with Crippen LogP contribution in [0.5, 0.6) is 0 Å². The van der Waals surface area contributed by atoms with Crippen LogP contribution in [0.15, 0.2) is 0 Å². The Morgan fingerprint density at radius 2 is 1.52 bits per heavy atom. The molecule has 7 heteroatoms. The highest BCUT2D eigenvalue weighted by Crippen LogP contribution is 2.14. The Bertz CT molecular complexity index is 459. The second kappa shape index (κ2) is 6.69. The number of imide groups is 2. The van der Waals surface area contributed by atoms with Crippen molar-refractivity contribution in [3.8, 4) is 0 Å². The second-order valence-electron chi connectivity index (χ2n) is 6.08. The number of carbonyl (C=O) groups excluding carboxylic acids is 4. The fourth-order valence-corrected chi connectivity index (χ4v) is 1.83. The van der Waals surface area contributed by atoms with Crippen molar-refractivity contribution in [2.75, 3.05) is 13.1 Å².